The van der Waals surface area contributed by atoms with Crippen LogP contribution in [-0.2, 0) is 13.1 Å². The van der Waals surface area contributed by atoms with Crippen LogP contribution in [0.5, 0.6) is 5.75 Å². The third-order valence-corrected chi connectivity index (χ3v) is 4.90. The SMILES string of the molecule is COc1cc(CN2CCNCC2)ccc1CNC1CCCC1. The van der Waals surface area contributed by atoms with Crippen molar-refractivity contribution >= 4 is 0 Å². The van der Waals surface area contributed by atoms with E-state index in [-0.39, 0.29) is 0 Å². The van der Waals surface area contributed by atoms with Crippen molar-refractivity contribution in [1.29, 1.82) is 0 Å². The molecule has 2 aliphatic rings. The lowest BCUT2D eigenvalue weighted by Crippen LogP contribution is -2.42. The Morgan fingerprint density at radius 2 is 2.00 bits per heavy atom. The maximum absolute atomic E-state index is 5.62. The van der Waals surface area contributed by atoms with E-state index in [9.17, 15) is 0 Å². The zero-order valence-corrected chi connectivity index (χ0v) is 13.7. The average molecular weight is 303 g/mol. The summed E-state index contributed by atoms with van der Waals surface area (Å²) in [5, 5.41) is 7.08. The van der Waals surface area contributed by atoms with Crippen LogP contribution in [0, 0.1) is 0 Å². The Kier molecular flexibility index (Phi) is 5.70. The molecule has 2 N–H and O–H groups in total. The van der Waals surface area contributed by atoms with E-state index in [1.165, 1.54) is 36.8 Å². The van der Waals surface area contributed by atoms with Crippen LogP contribution in [0.3, 0.4) is 0 Å². The van der Waals surface area contributed by atoms with Gasteiger partial charge in [-0.1, -0.05) is 25.0 Å². The van der Waals surface area contributed by atoms with Crippen LogP contribution in [-0.4, -0.2) is 44.2 Å². The summed E-state index contributed by atoms with van der Waals surface area (Å²) in [7, 11) is 1.78. The Balaban J connectivity index is 1.59. The van der Waals surface area contributed by atoms with Gasteiger partial charge in [0.2, 0.25) is 0 Å². The number of hydrogen-bond donors (Lipinski definition) is 2. The van der Waals surface area contributed by atoms with Gasteiger partial charge < -0.3 is 15.4 Å². The van der Waals surface area contributed by atoms with Crippen molar-refractivity contribution in [3.63, 3.8) is 0 Å². The first-order chi connectivity index (χ1) is 10.8. The molecule has 4 heteroatoms. The van der Waals surface area contributed by atoms with Gasteiger partial charge in [-0.3, -0.25) is 4.90 Å². The monoisotopic (exact) mass is 303 g/mol. The minimum atomic E-state index is 0.699. The molecule has 1 heterocycles. The van der Waals surface area contributed by atoms with Gasteiger partial charge in [0.25, 0.3) is 0 Å². The summed E-state index contributed by atoms with van der Waals surface area (Å²) in [4.78, 5) is 2.50. The van der Waals surface area contributed by atoms with E-state index in [4.69, 9.17) is 4.74 Å². The summed E-state index contributed by atoms with van der Waals surface area (Å²) in [5.41, 5.74) is 2.63. The molecule has 1 saturated carbocycles. The fraction of sp³-hybridized carbons (Fsp3) is 0.667. The van der Waals surface area contributed by atoms with Crippen molar-refractivity contribution in [2.24, 2.45) is 0 Å². The van der Waals surface area contributed by atoms with Crippen molar-refractivity contribution in [3.05, 3.63) is 29.3 Å². The number of ether oxygens (including phenoxy) is 1. The predicted molar refractivity (Wildman–Crippen MR) is 90.2 cm³/mol. The lowest BCUT2D eigenvalue weighted by molar-refractivity contribution is 0.233. The first-order valence-corrected chi connectivity index (χ1v) is 8.67. The van der Waals surface area contributed by atoms with Crippen LogP contribution in [0.2, 0.25) is 0 Å². The van der Waals surface area contributed by atoms with Gasteiger partial charge in [0.05, 0.1) is 7.11 Å². The molecule has 1 aromatic carbocycles. The summed E-state index contributed by atoms with van der Waals surface area (Å²) in [5.74, 6) is 1.03. The molecule has 2 fully saturated rings. The Labute approximate surface area is 134 Å². The normalized spacial score (nSPS) is 20.4. The average Bonchev–Trinajstić information content (AvgIpc) is 3.08. The van der Waals surface area contributed by atoms with Gasteiger partial charge in [-0.15, -0.1) is 0 Å². The summed E-state index contributed by atoms with van der Waals surface area (Å²) in [6, 6.07) is 7.41. The maximum Gasteiger partial charge on any atom is 0.123 e. The molecule has 3 rings (SSSR count). The van der Waals surface area contributed by atoms with Crippen molar-refractivity contribution < 1.29 is 4.74 Å². The quantitative estimate of drug-likeness (QED) is 0.844. The number of methoxy groups -OCH3 is 1. The number of nitrogens with zero attached hydrogens (tertiary/aromatic N) is 1. The number of nitrogens with one attached hydrogen (secondary N) is 2. The Hall–Kier alpha value is -1.10. The summed E-state index contributed by atoms with van der Waals surface area (Å²) < 4.78 is 5.62. The molecule has 1 aromatic rings. The van der Waals surface area contributed by atoms with Gasteiger partial charge in [-0.05, 0) is 24.5 Å². The minimum Gasteiger partial charge on any atom is -0.496 e. The van der Waals surface area contributed by atoms with Gasteiger partial charge in [0, 0.05) is 50.9 Å². The van der Waals surface area contributed by atoms with E-state index in [1.54, 1.807) is 7.11 Å². The van der Waals surface area contributed by atoms with Crippen molar-refractivity contribution in [1.82, 2.24) is 15.5 Å². The molecule has 0 radical (unpaired) electrons. The first-order valence-electron chi connectivity index (χ1n) is 8.67. The highest BCUT2D eigenvalue weighted by molar-refractivity contribution is 5.37. The molecule has 0 aromatic heterocycles. The lowest BCUT2D eigenvalue weighted by Gasteiger charge is -2.27. The van der Waals surface area contributed by atoms with Crippen LogP contribution in [0.15, 0.2) is 18.2 Å². The van der Waals surface area contributed by atoms with Gasteiger partial charge >= 0.3 is 0 Å². The standard InChI is InChI=1S/C18H29N3O/c1-22-18-12-15(14-21-10-8-19-9-11-21)6-7-16(18)13-20-17-4-2-3-5-17/h6-7,12,17,19-20H,2-5,8-11,13-14H2,1H3. The minimum absolute atomic E-state index is 0.699. The fourth-order valence-electron chi connectivity index (χ4n) is 3.55. The predicted octanol–water partition coefficient (Wildman–Crippen LogP) is 2.13. The highest BCUT2D eigenvalue weighted by Crippen LogP contribution is 2.23. The molecule has 22 heavy (non-hydrogen) atoms. The van der Waals surface area contributed by atoms with Gasteiger partial charge in [0.15, 0.2) is 0 Å². The zero-order valence-electron chi connectivity index (χ0n) is 13.7. The molecule has 122 valence electrons. The smallest absolute Gasteiger partial charge is 0.123 e. The first kappa shape index (κ1) is 15.8. The molecule has 0 bridgehead atoms. The largest absolute Gasteiger partial charge is 0.496 e. The topological polar surface area (TPSA) is 36.5 Å². The molecule has 4 nitrogen and oxygen atoms in total. The number of benzene rings is 1. The van der Waals surface area contributed by atoms with Crippen LogP contribution < -0.4 is 15.4 Å². The molecule has 1 aliphatic heterocycles. The van der Waals surface area contributed by atoms with Gasteiger partial charge in [-0.2, -0.15) is 0 Å². The van der Waals surface area contributed by atoms with Gasteiger partial charge in [0.1, 0.15) is 5.75 Å². The van der Waals surface area contributed by atoms with E-state index in [2.05, 4.69) is 33.7 Å². The third kappa shape index (κ3) is 4.22. The fourth-order valence-corrected chi connectivity index (χ4v) is 3.55. The van der Waals surface area contributed by atoms with E-state index >= 15 is 0 Å². The Bertz CT molecular complexity index is 465. The van der Waals surface area contributed by atoms with Gasteiger partial charge in [-0.25, -0.2) is 0 Å². The van der Waals surface area contributed by atoms with Crippen LogP contribution in [0.1, 0.15) is 36.8 Å². The highest BCUT2D eigenvalue weighted by atomic mass is 16.5. The van der Waals surface area contributed by atoms with E-state index < -0.39 is 0 Å². The number of rotatable bonds is 6. The van der Waals surface area contributed by atoms with E-state index in [0.29, 0.717) is 6.04 Å². The molecule has 0 atom stereocenters. The second-order valence-electron chi connectivity index (χ2n) is 6.53. The summed E-state index contributed by atoms with van der Waals surface area (Å²) >= 11 is 0. The molecule has 1 aliphatic carbocycles. The number of piperazine rings is 1. The van der Waals surface area contributed by atoms with Crippen molar-refractivity contribution in [2.75, 3.05) is 33.3 Å². The third-order valence-electron chi connectivity index (χ3n) is 4.90. The number of hydrogen-bond acceptors (Lipinski definition) is 4. The molecule has 0 unspecified atom stereocenters. The van der Waals surface area contributed by atoms with Crippen molar-refractivity contribution in [3.8, 4) is 5.75 Å². The van der Waals surface area contributed by atoms with Crippen molar-refractivity contribution in [2.45, 2.75) is 44.8 Å². The summed E-state index contributed by atoms with van der Waals surface area (Å²) in [6.45, 7) is 6.40. The van der Waals surface area contributed by atoms with Crippen LogP contribution in [0.4, 0.5) is 0 Å². The molecule has 0 spiro atoms. The van der Waals surface area contributed by atoms with E-state index in [0.717, 1.165) is 45.0 Å². The van der Waals surface area contributed by atoms with Crippen LogP contribution in [0.25, 0.3) is 0 Å². The second kappa shape index (κ2) is 7.95. The Morgan fingerprint density at radius 3 is 2.73 bits per heavy atom. The highest BCUT2D eigenvalue weighted by Gasteiger charge is 2.15. The lowest BCUT2D eigenvalue weighted by atomic mass is 10.1. The maximum atomic E-state index is 5.62. The summed E-state index contributed by atoms with van der Waals surface area (Å²) in [6.07, 6.45) is 5.39. The second-order valence-corrected chi connectivity index (χ2v) is 6.53. The molecule has 1 saturated heterocycles. The molecular weight excluding hydrogens is 274 g/mol. The Morgan fingerprint density at radius 1 is 1.23 bits per heavy atom. The molecular formula is C18H29N3O. The zero-order chi connectivity index (χ0) is 15.2. The molecule has 0 amide bonds. The van der Waals surface area contributed by atoms with E-state index in [1.807, 2.05) is 0 Å². The van der Waals surface area contributed by atoms with Crippen LogP contribution >= 0.6 is 0 Å².